The minimum absolute atomic E-state index is 0.243. The normalized spacial score (nSPS) is 11.6. The molecule has 0 fully saturated rings. The van der Waals surface area contributed by atoms with Gasteiger partial charge in [-0.15, -0.1) is 0 Å². The predicted molar refractivity (Wildman–Crippen MR) is 101 cm³/mol. The van der Waals surface area contributed by atoms with Crippen LogP contribution in [0.25, 0.3) is 0 Å². The third kappa shape index (κ3) is 21.5. The van der Waals surface area contributed by atoms with E-state index in [1.54, 1.807) is 0 Å². The van der Waals surface area contributed by atoms with E-state index < -0.39 is 0 Å². The van der Waals surface area contributed by atoms with Gasteiger partial charge in [-0.05, 0) is 31.1 Å². The summed E-state index contributed by atoms with van der Waals surface area (Å²) in [7, 11) is 0. The lowest BCUT2D eigenvalue weighted by Crippen LogP contribution is -2.12. The van der Waals surface area contributed by atoms with E-state index in [0.717, 1.165) is 32.5 Å². The van der Waals surface area contributed by atoms with E-state index in [4.69, 9.17) is 18.9 Å². The molecule has 0 aliphatic carbocycles. The largest absolute Gasteiger partial charge is 0.381 e. The van der Waals surface area contributed by atoms with Gasteiger partial charge in [-0.3, -0.25) is 4.79 Å². The molecule has 25 heavy (non-hydrogen) atoms. The molecule has 0 unspecified atom stereocenters. The molecule has 150 valence electrons. The van der Waals surface area contributed by atoms with Crippen molar-refractivity contribution in [3.05, 3.63) is 0 Å². The average Bonchev–Trinajstić information content (AvgIpc) is 2.55. The van der Waals surface area contributed by atoms with Crippen molar-refractivity contribution >= 4 is 5.78 Å². The highest BCUT2D eigenvalue weighted by Crippen LogP contribution is 2.01. The van der Waals surface area contributed by atoms with E-state index >= 15 is 0 Å². The first-order chi connectivity index (χ1) is 12.0. The lowest BCUT2D eigenvalue weighted by Gasteiger charge is -2.08. The van der Waals surface area contributed by atoms with Crippen molar-refractivity contribution in [2.75, 3.05) is 52.9 Å². The standard InChI is InChI=1S/C20H40O5/c1-18(2)7-11-22-10-5-6-20(21)9-13-24-15-17-25-16-14-23-12-8-19(3)4/h18-19H,5-17H2,1-4H3. The summed E-state index contributed by atoms with van der Waals surface area (Å²) < 4.78 is 21.8. The van der Waals surface area contributed by atoms with Gasteiger partial charge < -0.3 is 18.9 Å². The summed E-state index contributed by atoms with van der Waals surface area (Å²) in [6.45, 7) is 13.8. The molecule has 0 saturated heterocycles. The van der Waals surface area contributed by atoms with Crippen molar-refractivity contribution in [3.8, 4) is 0 Å². The van der Waals surface area contributed by atoms with Crippen LogP contribution in [0.1, 0.15) is 59.8 Å². The minimum Gasteiger partial charge on any atom is -0.381 e. The number of carbonyl (C=O) groups excluding carboxylic acids is 1. The van der Waals surface area contributed by atoms with Crippen LogP contribution in [0.3, 0.4) is 0 Å². The monoisotopic (exact) mass is 360 g/mol. The second kappa shape index (κ2) is 18.3. The van der Waals surface area contributed by atoms with Crippen molar-refractivity contribution in [2.45, 2.75) is 59.8 Å². The Morgan fingerprint density at radius 1 is 0.600 bits per heavy atom. The van der Waals surface area contributed by atoms with Crippen molar-refractivity contribution in [2.24, 2.45) is 11.8 Å². The fourth-order valence-corrected chi connectivity index (χ4v) is 1.96. The zero-order valence-electron chi connectivity index (χ0n) is 16.9. The molecule has 0 aromatic carbocycles. The molecule has 5 heteroatoms. The van der Waals surface area contributed by atoms with E-state index in [-0.39, 0.29) is 5.78 Å². The molecular formula is C20H40O5. The summed E-state index contributed by atoms with van der Waals surface area (Å²) in [5.74, 6) is 1.58. The van der Waals surface area contributed by atoms with Gasteiger partial charge in [0.05, 0.1) is 33.0 Å². The van der Waals surface area contributed by atoms with Gasteiger partial charge in [0.25, 0.3) is 0 Å². The topological polar surface area (TPSA) is 54.0 Å². The summed E-state index contributed by atoms with van der Waals surface area (Å²) in [6, 6.07) is 0. The lowest BCUT2D eigenvalue weighted by molar-refractivity contribution is -0.120. The Morgan fingerprint density at radius 2 is 1.04 bits per heavy atom. The van der Waals surface area contributed by atoms with Gasteiger partial charge in [0.1, 0.15) is 5.78 Å². The third-order valence-corrected chi connectivity index (χ3v) is 3.69. The van der Waals surface area contributed by atoms with Crippen molar-refractivity contribution in [1.29, 1.82) is 0 Å². The maximum atomic E-state index is 11.7. The molecule has 0 amide bonds. The number of Topliss-reactive ketones (excluding diaryl/α,β-unsaturated/α-hetero) is 1. The van der Waals surface area contributed by atoms with E-state index in [1.165, 1.54) is 0 Å². The molecule has 0 atom stereocenters. The summed E-state index contributed by atoms with van der Waals surface area (Å²) in [5.41, 5.74) is 0. The number of hydrogen-bond donors (Lipinski definition) is 0. The van der Waals surface area contributed by atoms with Crippen LogP contribution in [0.15, 0.2) is 0 Å². The van der Waals surface area contributed by atoms with Crippen LogP contribution in [0, 0.1) is 11.8 Å². The quantitative estimate of drug-likeness (QED) is 0.327. The first-order valence-electron chi connectivity index (χ1n) is 9.85. The SMILES string of the molecule is CC(C)CCOCCCC(=O)CCOCCOCCOCCC(C)C. The molecular weight excluding hydrogens is 320 g/mol. The Balaban J connectivity index is 3.17. The third-order valence-electron chi connectivity index (χ3n) is 3.69. The lowest BCUT2D eigenvalue weighted by atomic mass is 10.1. The van der Waals surface area contributed by atoms with Crippen molar-refractivity contribution in [1.82, 2.24) is 0 Å². The molecule has 0 rings (SSSR count). The minimum atomic E-state index is 0.243. The van der Waals surface area contributed by atoms with E-state index in [1.807, 2.05) is 0 Å². The van der Waals surface area contributed by atoms with Crippen LogP contribution in [0.5, 0.6) is 0 Å². The molecule has 0 saturated carbocycles. The van der Waals surface area contributed by atoms with Gasteiger partial charge in [-0.25, -0.2) is 0 Å². The fourth-order valence-electron chi connectivity index (χ4n) is 1.96. The second-order valence-electron chi connectivity index (χ2n) is 7.21. The number of carbonyl (C=O) groups is 1. The van der Waals surface area contributed by atoms with E-state index in [9.17, 15) is 4.79 Å². The van der Waals surface area contributed by atoms with Crippen LogP contribution in [-0.2, 0) is 23.7 Å². The number of ether oxygens (including phenoxy) is 4. The van der Waals surface area contributed by atoms with Gasteiger partial charge >= 0.3 is 0 Å². The first-order valence-corrected chi connectivity index (χ1v) is 9.85. The maximum Gasteiger partial charge on any atom is 0.135 e. The molecule has 0 radical (unpaired) electrons. The van der Waals surface area contributed by atoms with Crippen LogP contribution in [0.4, 0.5) is 0 Å². The Labute approximate surface area is 154 Å². The summed E-state index contributed by atoms with van der Waals surface area (Å²) in [5, 5.41) is 0. The number of hydrogen-bond acceptors (Lipinski definition) is 5. The summed E-state index contributed by atoms with van der Waals surface area (Å²) in [4.78, 5) is 11.7. The van der Waals surface area contributed by atoms with Crippen molar-refractivity contribution in [3.63, 3.8) is 0 Å². The fraction of sp³-hybridized carbons (Fsp3) is 0.950. The Hall–Kier alpha value is -0.490. The number of rotatable bonds is 19. The van der Waals surface area contributed by atoms with Crippen molar-refractivity contribution < 1.29 is 23.7 Å². The molecule has 0 aromatic heterocycles. The van der Waals surface area contributed by atoms with Gasteiger partial charge in [-0.1, -0.05) is 27.7 Å². The van der Waals surface area contributed by atoms with Gasteiger partial charge in [0.2, 0.25) is 0 Å². The van der Waals surface area contributed by atoms with Crippen LogP contribution in [0.2, 0.25) is 0 Å². The smallest absolute Gasteiger partial charge is 0.135 e. The summed E-state index contributed by atoms with van der Waals surface area (Å²) in [6.07, 6.45) is 4.02. The maximum absolute atomic E-state index is 11.7. The Morgan fingerprint density at radius 3 is 1.56 bits per heavy atom. The molecule has 0 spiro atoms. The van der Waals surface area contributed by atoms with Gasteiger partial charge in [0.15, 0.2) is 0 Å². The molecule has 0 heterocycles. The highest BCUT2D eigenvalue weighted by Gasteiger charge is 2.02. The second-order valence-corrected chi connectivity index (χ2v) is 7.21. The molecule has 0 aromatic rings. The average molecular weight is 361 g/mol. The predicted octanol–water partition coefficient (Wildman–Crippen LogP) is 3.88. The zero-order valence-corrected chi connectivity index (χ0v) is 16.9. The van der Waals surface area contributed by atoms with Crippen LogP contribution < -0.4 is 0 Å². The molecule has 5 nitrogen and oxygen atoms in total. The van der Waals surface area contributed by atoms with Gasteiger partial charge in [0, 0.05) is 32.7 Å². The molecule has 0 aliphatic rings. The van der Waals surface area contributed by atoms with Crippen LogP contribution >= 0.6 is 0 Å². The van der Waals surface area contributed by atoms with E-state index in [0.29, 0.717) is 64.3 Å². The highest BCUT2D eigenvalue weighted by atomic mass is 16.5. The number of ketones is 1. The Kier molecular flexibility index (Phi) is 17.9. The van der Waals surface area contributed by atoms with E-state index in [2.05, 4.69) is 27.7 Å². The molecule has 0 N–H and O–H groups in total. The van der Waals surface area contributed by atoms with Crippen LogP contribution in [-0.4, -0.2) is 58.6 Å². The Bertz CT molecular complexity index is 292. The molecule has 0 bridgehead atoms. The molecule has 0 aliphatic heterocycles. The highest BCUT2D eigenvalue weighted by molar-refractivity contribution is 5.78. The zero-order chi connectivity index (χ0) is 18.8. The van der Waals surface area contributed by atoms with Gasteiger partial charge in [-0.2, -0.15) is 0 Å². The summed E-state index contributed by atoms with van der Waals surface area (Å²) >= 11 is 0. The first kappa shape index (κ1) is 24.5.